The van der Waals surface area contributed by atoms with Crippen LogP contribution in [0.15, 0.2) is 0 Å². The molecule has 2 heterocycles. The molecule has 2 bridgehead atoms. The molecule has 0 spiro atoms. The fraction of sp³-hybridized carbons (Fsp3) is 1.00. The number of fused-ring (bicyclic) bond motifs is 2. The maximum absolute atomic E-state index is 5.29. The Kier molecular flexibility index (Phi) is 4.22. The molecule has 3 unspecified atom stereocenters. The lowest BCUT2D eigenvalue weighted by atomic mass is 9.97. The Bertz CT molecular complexity index is 210. The molecule has 3 atom stereocenters. The van der Waals surface area contributed by atoms with Crippen molar-refractivity contribution >= 4 is 0 Å². The van der Waals surface area contributed by atoms with Gasteiger partial charge in [0, 0.05) is 31.3 Å². The van der Waals surface area contributed by atoms with E-state index in [1.54, 1.807) is 7.11 Å². The zero-order valence-corrected chi connectivity index (χ0v) is 10.9. The molecule has 0 amide bonds. The van der Waals surface area contributed by atoms with E-state index in [1.165, 1.54) is 25.7 Å². The van der Waals surface area contributed by atoms with E-state index in [0.29, 0.717) is 6.04 Å². The Labute approximate surface area is 99.5 Å². The van der Waals surface area contributed by atoms with Gasteiger partial charge in [-0.25, -0.2) is 0 Å². The van der Waals surface area contributed by atoms with Gasteiger partial charge in [-0.3, -0.25) is 4.90 Å². The summed E-state index contributed by atoms with van der Waals surface area (Å²) < 4.78 is 5.29. The smallest absolute Gasteiger partial charge is 0.0615 e. The first-order valence-corrected chi connectivity index (χ1v) is 6.75. The fourth-order valence-electron chi connectivity index (χ4n) is 3.56. The van der Waals surface area contributed by atoms with Crippen LogP contribution >= 0.6 is 0 Å². The summed E-state index contributed by atoms with van der Waals surface area (Å²) in [6.45, 7) is 6.56. The van der Waals surface area contributed by atoms with Crippen molar-refractivity contribution in [3.8, 4) is 0 Å². The van der Waals surface area contributed by atoms with Crippen LogP contribution in [-0.4, -0.2) is 49.3 Å². The van der Waals surface area contributed by atoms with Crippen molar-refractivity contribution in [2.75, 3.05) is 20.3 Å². The number of hydrogen-bond donors (Lipinski definition) is 1. The third kappa shape index (κ3) is 2.58. The van der Waals surface area contributed by atoms with E-state index >= 15 is 0 Å². The molecule has 0 aromatic rings. The molecule has 0 saturated carbocycles. The zero-order valence-electron chi connectivity index (χ0n) is 10.9. The number of hydrogen-bond acceptors (Lipinski definition) is 3. The fourth-order valence-corrected chi connectivity index (χ4v) is 3.56. The SMILES string of the molecule is CCN(C(C)COC)C1CC2CCC(C1)N2. The van der Waals surface area contributed by atoms with Gasteiger partial charge < -0.3 is 10.1 Å². The highest BCUT2D eigenvalue weighted by Crippen LogP contribution is 2.30. The van der Waals surface area contributed by atoms with E-state index in [0.717, 1.165) is 31.3 Å². The monoisotopic (exact) mass is 226 g/mol. The largest absolute Gasteiger partial charge is 0.383 e. The van der Waals surface area contributed by atoms with E-state index < -0.39 is 0 Å². The van der Waals surface area contributed by atoms with Crippen LogP contribution in [0.25, 0.3) is 0 Å². The zero-order chi connectivity index (χ0) is 11.5. The third-order valence-corrected chi connectivity index (χ3v) is 4.26. The van der Waals surface area contributed by atoms with E-state index in [-0.39, 0.29) is 0 Å². The highest BCUT2D eigenvalue weighted by Gasteiger charge is 2.36. The quantitative estimate of drug-likeness (QED) is 0.771. The van der Waals surface area contributed by atoms with E-state index in [9.17, 15) is 0 Å². The normalized spacial score (nSPS) is 35.6. The van der Waals surface area contributed by atoms with Crippen LogP contribution in [-0.2, 0) is 4.74 Å². The number of nitrogens with one attached hydrogen (secondary N) is 1. The molecule has 0 aromatic heterocycles. The van der Waals surface area contributed by atoms with Gasteiger partial charge in [-0.1, -0.05) is 6.92 Å². The summed E-state index contributed by atoms with van der Waals surface area (Å²) in [4.78, 5) is 2.63. The van der Waals surface area contributed by atoms with Gasteiger partial charge in [-0.15, -0.1) is 0 Å². The van der Waals surface area contributed by atoms with Crippen molar-refractivity contribution in [1.82, 2.24) is 10.2 Å². The van der Waals surface area contributed by atoms with Crippen molar-refractivity contribution < 1.29 is 4.74 Å². The van der Waals surface area contributed by atoms with E-state index in [4.69, 9.17) is 4.74 Å². The van der Waals surface area contributed by atoms with Gasteiger partial charge in [-0.2, -0.15) is 0 Å². The van der Waals surface area contributed by atoms with Gasteiger partial charge in [-0.05, 0) is 39.2 Å². The number of piperidine rings is 1. The van der Waals surface area contributed by atoms with Crippen LogP contribution < -0.4 is 5.32 Å². The second-order valence-electron chi connectivity index (χ2n) is 5.40. The average molecular weight is 226 g/mol. The first kappa shape index (κ1) is 12.3. The molecule has 0 aliphatic carbocycles. The van der Waals surface area contributed by atoms with Crippen molar-refractivity contribution in [2.45, 2.75) is 63.7 Å². The summed E-state index contributed by atoms with van der Waals surface area (Å²) in [5, 5.41) is 3.71. The van der Waals surface area contributed by atoms with Crippen LogP contribution in [0, 0.1) is 0 Å². The van der Waals surface area contributed by atoms with E-state index in [1.807, 2.05) is 0 Å². The molecule has 94 valence electrons. The van der Waals surface area contributed by atoms with Crippen LogP contribution in [0.5, 0.6) is 0 Å². The Hall–Kier alpha value is -0.120. The Morgan fingerprint density at radius 2 is 1.94 bits per heavy atom. The first-order chi connectivity index (χ1) is 7.74. The Morgan fingerprint density at radius 3 is 2.44 bits per heavy atom. The van der Waals surface area contributed by atoms with Crippen LogP contribution in [0.3, 0.4) is 0 Å². The highest BCUT2D eigenvalue weighted by molar-refractivity contribution is 4.96. The summed E-state index contributed by atoms with van der Waals surface area (Å²) in [6, 6.07) is 2.89. The number of ether oxygens (including phenoxy) is 1. The topological polar surface area (TPSA) is 24.5 Å². The number of likely N-dealkylation sites (N-methyl/N-ethyl adjacent to an activating group) is 1. The molecule has 1 N–H and O–H groups in total. The Balaban J connectivity index is 1.93. The summed E-state index contributed by atoms with van der Waals surface area (Å²) in [6.07, 6.45) is 5.44. The summed E-state index contributed by atoms with van der Waals surface area (Å²) in [7, 11) is 1.80. The second-order valence-corrected chi connectivity index (χ2v) is 5.40. The van der Waals surface area contributed by atoms with Crippen LogP contribution in [0.4, 0.5) is 0 Å². The molecule has 2 aliphatic heterocycles. The van der Waals surface area contributed by atoms with Crippen molar-refractivity contribution in [3.63, 3.8) is 0 Å². The summed E-state index contributed by atoms with van der Waals surface area (Å²) in [5.41, 5.74) is 0. The minimum absolute atomic E-state index is 0.553. The summed E-state index contributed by atoms with van der Waals surface area (Å²) >= 11 is 0. The number of rotatable bonds is 5. The molecule has 0 aromatic carbocycles. The third-order valence-electron chi connectivity index (χ3n) is 4.26. The maximum Gasteiger partial charge on any atom is 0.0615 e. The van der Waals surface area contributed by atoms with E-state index in [2.05, 4.69) is 24.1 Å². The molecule has 2 aliphatic rings. The summed E-state index contributed by atoms with van der Waals surface area (Å²) in [5.74, 6) is 0. The molecular weight excluding hydrogens is 200 g/mol. The minimum atomic E-state index is 0.553. The van der Waals surface area contributed by atoms with Crippen LogP contribution in [0.1, 0.15) is 39.5 Å². The predicted octanol–water partition coefficient (Wildman–Crippen LogP) is 1.63. The van der Waals surface area contributed by atoms with Crippen molar-refractivity contribution in [3.05, 3.63) is 0 Å². The lowest BCUT2D eigenvalue weighted by molar-refractivity contribution is 0.0542. The Morgan fingerprint density at radius 1 is 1.31 bits per heavy atom. The van der Waals surface area contributed by atoms with Gasteiger partial charge in [0.2, 0.25) is 0 Å². The lowest BCUT2D eigenvalue weighted by Crippen LogP contribution is -2.51. The molecule has 3 heteroatoms. The maximum atomic E-state index is 5.29. The second kappa shape index (κ2) is 5.48. The van der Waals surface area contributed by atoms with Crippen molar-refractivity contribution in [2.24, 2.45) is 0 Å². The number of nitrogens with zero attached hydrogens (tertiary/aromatic N) is 1. The molecule has 16 heavy (non-hydrogen) atoms. The molecule has 2 saturated heterocycles. The van der Waals surface area contributed by atoms with Gasteiger partial charge in [0.25, 0.3) is 0 Å². The first-order valence-electron chi connectivity index (χ1n) is 6.75. The molecular formula is C13H26N2O. The van der Waals surface area contributed by atoms with Gasteiger partial charge in [0.05, 0.1) is 6.61 Å². The van der Waals surface area contributed by atoms with Crippen LogP contribution in [0.2, 0.25) is 0 Å². The predicted molar refractivity (Wildman–Crippen MR) is 66.7 cm³/mol. The minimum Gasteiger partial charge on any atom is -0.383 e. The lowest BCUT2D eigenvalue weighted by Gasteiger charge is -2.40. The standard InChI is InChI=1S/C13H26N2O/c1-4-15(10(2)9-16-3)13-7-11-5-6-12(8-13)14-11/h10-14H,4-9H2,1-3H3. The van der Waals surface area contributed by atoms with Crippen molar-refractivity contribution in [1.29, 1.82) is 0 Å². The van der Waals surface area contributed by atoms with Gasteiger partial charge in [0.15, 0.2) is 0 Å². The van der Waals surface area contributed by atoms with Gasteiger partial charge in [0.1, 0.15) is 0 Å². The molecule has 2 rings (SSSR count). The molecule has 3 nitrogen and oxygen atoms in total. The average Bonchev–Trinajstić information content (AvgIpc) is 2.59. The highest BCUT2D eigenvalue weighted by atomic mass is 16.5. The number of methoxy groups -OCH3 is 1. The molecule has 2 fully saturated rings. The van der Waals surface area contributed by atoms with Gasteiger partial charge >= 0.3 is 0 Å². The molecule has 0 radical (unpaired) electrons.